The van der Waals surface area contributed by atoms with Crippen molar-refractivity contribution in [3.63, 3.8) is 0 Å². The van der Waals surface area contributed by atoms with Crippen LogP contribution in [0.25, 0.3) is 5.52 Å². The first-order valence-electron chi connectivity index (χ1n) is 9.36. The molecule has 0 amide bonds. The van der Waals surface area contributed by atoms with Crippen molar-refractivity contribution in [3.05, 3.63) is 52.4 Å². The van der Waals surface area contributed by atoms with Gasteiger partial charge in [0.1, 0.15) is 10.1 Å². The number of aromatic nitrogens is 3. The van der Waals surface area contributed by atoms with Crippen LogP contribution < -0.4 is 15.5 Å². The number of likely N-dealkylation sites (N-methyl/N-ethyl adjacent to an activating group) is 1. The highest BCUT2D eigenvalue weighted by atomic mass is 79.9. The van der Waals surface area contributed by atoms with E-state index in [2.05, 4.69) is 62.1 Å². The quantitative estimate of drug-likeness (QED) is 0.646. The van der Waals surface area contributed by atoms with Crippen molar-refractivity contribution in [1.29, 1.82) is 0 Å². The van der Waals surface area contributed by atoms with Gasteiger partial charge in [0.15, 0.2) is 5.82 Å². The van der Waals surface area contributed by atoms with Gasteiger partial charge in [0.2, 0.25) is 0 Å². The Bertz CT molecular complexity index is 989. The van der Waals surface area contributed by atoms with Crippen LogP contribution in [0.5, 0.6) is 0 Å². The lowest BCUT2D eigenvalue weighted by atomic mass is 9.80. The van der Waals surface area contributed by atoms with E-state index in [-0.39, 0.29) is 11.6 Å². The SMILES string of the molecule is Cc1nc(N2CCC3(CC2)[C@H](N)c2ccccc2N3C)c2ccnn2c1Br. The molecule has 1 atom stereocenters. The number of fused-ring (bicyclic) bond motifs is 2. The maximum absolute atomic E-state index is 6.75. The minimum absolute atomic E-state index is 0.0128. The maximum atomic E-state index is 6.75. The van der Waals surface area contributed by atoms with Gasteiger partial charge in [0.05, 0.1) is 23.5 Å². The molecule has 0 unspecified atom stereocenters. The molecule has 27 heavy (non-hydrogen) atoms. The Kier molecular flexibility index (Phi) is 3.74. The molecule has 1 saturated heterocycles. The Morgan fingerprint density at radius 2 is 1.93 bits per heavy atom. The van der Waals surface area contributed by atoms with Crippen LogP contribution in [0, 0.1) is 6.92 Å². The van der Waals surface area contributed by atoms with Crippen molar-refractivity contribution < 1.29 is 0 Å². The van der Waals surface area contributed by atoms with Crippen molar-refractivity contribution >= 4 is 33.0 Å². The zero-order chi connectivity index (χ0) is 18.8. The third kappa shape index (κ3) is 2.28. The second-order valence-electron chi connectivity index (χ2n) is 7.63. The monoisotopic (exact) mass is 426 g/mol. The molecule has 3 aromatic rings. The molecule has 4 heterocycles. The van der Waals surface area contributed by atoms with Gasteiger partial charge >= 0.3 is 0 Å². The van der Waals surface area contributed by atoms with Gasteiger partial charge in [-0.15, -0.1) is 0 Å². The minimum Gasteiger partial charge on any atom is -0.367 e. The second kappa shape index (κ2) is 5.94. The summed E-state index contributed by atoms with van der Waals surface area (Å²) in [6, 6.07) is 10.6. The number of nitrogens with two attached hydrogens (primary N) is 1. The molecule has 0 aliphatic carbocycles. The van der Waals surface area contributed by atoms with Crippen LogP contribution in [-0.2, 0) is 0 Å². The highest BCUT2D eigenvalue weighted by Gasteiger charge is 2.49. The van der Waals surface area contributed by atoms with E-state index >= 15 is 0 Å². The van der Waals surface area contributed by atoms with Crippen LogP contribution in [0.15, 0.2) is 41.1 Å². The molecule has 2 aliphatic heterocycles. The molecule has 1 fully saturated rings. The Hall–Kier alpha value is -2.12. The lowest BCUT2D eigenvalue weighted by molar-refractivity contribution is 0.285. The van der Waals surface area contributed by atoms with Gasteiger partial charge in [-0.1, -0.05) is 18.2 Å². The molecule has 0 radical (unpaired) electrons. The zero-order valence-corrected chi connectivity index (χ0v) is 17.1. The smallest absolute Gasteiger partial charge is 0.155 e. The number of aryl methyl sites for hydroxylation is 1. The molecule has 1 aromatic carbocycles. The summed E-state index contributed by atoms with van der Waals surface area (Å²) in [6.07, 6.45) is 3.85. The molecule has 1 spiro atoms. The summed E-state index contributed by atoms with van der Waals surface area (Å²) >= 11 is 3.60. The van der Waals surface area contributed by atoms with E-state index in [9.17, 15) is 0 Å². The van der Waals surface area contributed by atoms with Gasteiger partial charge in [0, 0.05) is 25.8 Å². The van der Waals surface area contributed by atoms with Crippen LogP contribution in [0.2, 0.25) is 0 Å². The summed E-state index contributed by atoms with van der Waals surface area (Å²) in [4.78, 5) is 9.66. The number of halogens is 1. The summed E-state index contributed by atoms with van der Waals surface area (Å²) in [6.45, 7) is 3.87. The maximum Gasteiger partial charge on any atom is 0.155 e. The number of nitrogens with zero attached hydrogens (tertiary/aromatic N) is 5. The largest absolute Gasteiger partial charge is 0.367 e. The summed E-state index contributed by atoms with van der Waals surface area (Å²) in [5.41, 5.74) is 11.3. The molecule has 7 heteroatoms. The van der Waals surface area contributed by atoms with Crippen molar-refractivity contribution in [1.82, 2.24) is 14.6 Å². The van der Waals surface area contributed by atoms with Crippen molar-refractivity contribution in [2.45, 2.75) is 31.3 Å². The number of para-hydroxylation sites is 1. The first kappa shape index (κ1) is 17.0. The molecule has 6 nitrogen and oxygen atoms in total. The summed E-state index contributed by atoms with van der Waals surface area (Å²) < 4.78 is 2.83. The summed E-state index contributed by atoms with van der Waals surface area (Å²) in [5, 5.41) is 4.43. The third-order valence-electron chi connectivity index (χ3n) is 6.44. The van der Waals surface area contributed by atoms with E-state index in [1.165, 1.54) is 11.3 Å². The fraction of sp³-hybridized carbons (Fsp3) is 0.400. The van der Waals surface area contributed by atoms with E-state index in [0.29, 0.717) is 0 Å². The number of benzene rings is 1. The van der Waals surface area contributed by atoms with Crippen LogP contribution >= 0.6 is 15.9 Å². The first-order chi connectivity index (χ1) is 13.0. The van der Waals surface area contributed by atoms with Gasteiger partial charge in [0.25, 0.3) is 0 Å². The third-order valence-corrected chi connectivity index (χ3v) is 7.35. The molecule has 0 bridgehead atoms. The van der Waals surface area contributed by atoms with E-state index in [1.807, 2.05) is 23.7 Å². The van der Waals surface area contributed by atoms with E-state index in [1.54, 1.807) is 0 Å². The van der Waals surface area contributed by atoms with Crippen LogP contribution in [0.4, 0.5) is 11.5 Å². The molecule has 2 aliphatic rings. The topological polar surface area (TPSA) is 62.7 Å². The second-order valence-corrected chi connectivity index (χ2v) is 8.38. The van der Waals surface area contributed by atoms with Crippen LogP contribution in [0.1, 0.15) is 30.1 Å². The Labute approximate surface area is 167 Å². The molecule has 0 saturated carbocycles. The van der Waals surface area contributed by atoms with Gasteiger partial charge in [-0.25, -0.2) is 9.50 Å². The molecule has 2 N–H and O–H groups in total. The van der Waals surface area contributed by atoms with Crippen molar-refractivity contribution in [2.75, 3.05) is 29.9 Å². The Balaban J connectivity index is 1.47. The number of hydrogen-bond acceptors (Lipinski definition) is 5. The standard InChI is InChI=1S/C20H23BrN6/c1-13-18(21)27-16(7-10-23-27)19(24-13)26-11-8-20(9-12-26)17(22)14-5-3-4-6-15(14)25(20)2/h3-7,10,17H,8-9,11-12,22H2,1-2H3/t17-/m1/s1. The van der Waals surface area contributed by atoms with Gasteiger partial charge in [-0.3, -0.25) is 0 Å². The predicted molar refractivity (Wildman–Crippen MR) is 111 cm³/mol. The molecule has 140 valence electrons. The highest BCUT2D eigenvalue weighted by molar-refractivity contribution is 9.10. The fourth-order valence-electron chi connectivity index (χ4n) is 4.82. The Morgan fingerprint density at radius 1 is 1.19 bits per heavy atom. The molecular weight excluding hydrogens is 404 g/mol. The number of piperidine rings is 1. The fourth-order valence-corrected chi connectivity index (χ4v) is 5.19. The van der Waals surface area contributed by atoms with Gasteiger partial charge < -0.3 is 15.5 Å². The van der Waals surface area contributed by atoms with E-state index in [0.717, 1.165) is 47.6 Å². The van der Waals surface area contributed by atoms with Crippen LogP contribution in [0.3, 0.4) is 0 Å². The lowest BCUT2D eigenvalue weighted by Gasteiger charge is -2.47. The summed E-state index contributed by atoms with van der Waals surface area (Å²) in [5.74, 6) is 1.01. The average molecular weight is 427 g/mol. The number of rotatable bonds is 1. The normalized spacial score (nSPS) is 21.3. The zero-order valence-electron chi connectivity index (χ0n) is 15.6. The lowest BCUT2D eigenvalue weighted by Crippen LogP contribution is -2.56. The number of hydrogen-bond donors (Lipinski definition) is 1. The molecule has 2 aromatic heterocycles. The van der Waals surface area contributed by atoms with Crippen LogP contribution in [-0.4, -0.2) is 40.3 Å². The Morgan fingerprint density at radius 3 is 2.67 bits per heavy atom. The molecule has 5 rings (SSSR count). The predicted octanol–water partition coefficient (Wildman–Crippen LogP) is 3.29. The number of anilines is 2. The van der Waals surface area contributed by atoms with Crippen molar-refractivity contribution in [3.8, 4) is 0 Å². The minimum atomic E-state index is -0.0128. The molecular formula is C20H23BrN6. The first-order valence-corrected chi connectivity index (χ1v) is 10.2. The van der Waals surface area contributed by atoms with E-state index < -0.39 is 0 Å². The highest BCUT2D eigenvalue weighted by Crippen LogP contribution is 2.49. The average Bonchev–Trinajstić information content (AvgIpc) is 3.26. The summed E-state index contributed by atoms with van der Waals surface area (Å²) in [7, 11) is 2.19. The van der Waals surface area contributed by atoms with E-state index in [4.69, 9.17) is 10.7 Å². The van der Waals surface area contributed by atoms with Gasteiger partial charge in [-0.05, 0) is 53.4 Å². The van der Waals surface area contributed by atoms with Gasteiger partial charge in [-0.2, -0.15) is 5.10 Å². The van der Waals surface area contributed by atoms with Crippen molar-refractivity contribution in [2.24, 2.45) is 5.73 Å².